The number of nitrogens with one attached hydrogen (secondary N) is 3. The van der Waals surface area contributed by atoms with E-state index in [2.05, 4.69) is 20.8 Å². The van der Waals surface area contributed by atoms with Crippen LogP contribution in [0.25, 0.3) is 0 Å². The minimum absolute atomic E-state index is 0.251. The number of hydrogen-bond donors (Lipinski definition) is 3. The Kier molecular flexibility index (Phi) is 3.50. The monoisotopic (exact) mass is 320 g/mol. The summed E-state index contributed by atoms with van der Waals surface area (Å²) in [6.45, 7) is 3.55. The molecule has 7 nitrogen and oxygen atoms in total. The van der Waals surface area contributed by atoms with Crippen molar-refractivity contribution in [3.8, 4) is 0 Å². The van der Waals surface area contributed by atoms with Crippen molar-refractivity contribution in [2.24, 2.45) is 0 Å². The number of benzene rings is 1. The van der Waals surface area contributed by atoms with Gasteiger partial charge in [0.05, 0.1) is 10.6 Å². The number of amides is 1. The summed E-state index contributed by atoms with van der Waals surface area (Å²) in [5.41, 5.74) is 2.03. The van der Waals surface area contributed by atoms with Crippen LogP contribution >= 0.6 is 0 Å². The van der Waals surface area contributed by atoms with Crippen molar-refractivity contribution in [3.05, 3.63) is 41.1 Å². The summed E-state index contributed by atoms with van der Waals surface area (Å²) in [4.78, 5) is 11.4. The molecule has 2 heterocycles. The molecule has 1 unspecified atom stereocenters. The molecule has 0 saturated carbocycles. The molecule has 0 bridgehead atoms. The fourth-order valence-electron chi connectivity index (χ4n) is 2.53. The van der Waals surface area contributed by atoms with Crippen molar-refractivity contribution < 1.29 is 13.2 Å². The van der Waals surface area contributed by atoms with Crippen LogP contribution in [0.1, 0.15) is 29.1 Å². The third-order valence-corrected chi connectivity index (χ3v) is 5.48. The highest BCUT2D eigenvalue weighted by Crippen LogP contribution is 2.35. The van der Waals surface area contributed by atoms with Gasteiger partial charge in [-0.3, -0.25) is 15.2 Å². The number of carbonyl (C=O) groups excluding carboxylic acids is 1. The Balaban J connectivity index is 1.99. The Morgan fingerprint density at radius 3 is 2.86 bits per heavy atom. The van der Waals surface area contributed by atoms with Gasteiger partial charge in [0.2, 0.25) is 5.91 Å². The maximum Gasteiger partial charge on any atom is 0.222 e. The molecule has 1 aliphatic heterocycles. The first-order valence-corrected chi connectivity index (χ1v) is 8.33. The minimum atomic E-state index is -3.58. The molecule has 1 aromatic carbocycles. The molecule has 8 heteroatoms. The maximum absolute atomic E-state index is 12.8. The van der Waals surface area contributed by atoms with E-state index in [0.29, 0.717) is 23.6 Å². The Morgan fingerprint density at radius 2 is 2.18 bits per heavy atom. The topological polar surface area (TPSA) is 104 Å². The second-order valence-corrected chi connectivity index (χ2v) is 7.30. The number of fused-ring (bicyclic) bond motifs is 1. The number of hydrogen-bond acceptors (Lipinski definition) is 5. The maximum atomic E-state index is 12.8. The van der Waals surface area contributed by atoms with Crippen LogP contribution in [0.5, 0.6) is 0 Å². The number of rotatable bonds is 3. The number of H-pyrrole nitrogens is 1. The third kappa shape index (κ3) is 2.40. The summed E-state index contributed by atoms with van der Waals surface area (Å²) < 4.78 is 25.6. The summed E-state index contributed by atoms with van der Waals surface area (Å²) in [5.74, 6) is 0.122. The van der Waals surface area contributed by atoms with Crippen molar-refractivity contribution in [1.29, 1.82) is 0 Å². The molecule has 116 valence electrons. The van der Waals surface area contributed by atoms with Gasteiger partial charge in [-0.15, -0.1) is 0 Å². The van der Waals surface area contributed by atoms with Crippen LogP contribution in [0.3, 0.4) is 0 Å². The lowest BCUT2D eigenvalue weighted by Gasteiger charge is -2.12. The van der Waals surface area contributed by atoms with E-state index in [1.165, 1.54) is 6.92 Å². The second kappa shape index (κ2) is 5.22. The average Bonchev–Trinajstić information content (AvgIpc) is 3.01. The standard InChI is InChI=1S/C14H16N4O3S/c1-8-4-3-5-10(6-8)22(20,21)14-12-11(7-15-14)13(18-17-12)16-9(2)19/h3-6,14-15H,7H2,1-2H3,(H2,16,17,18,19). The average molecular weight is 320 g/mol. The number of nitrogens with zero attached hydrogens (tertiary/aromatic N) is 1. The van der Waals surface area contributed by atoms with E-state index >= 15 is 0 Å². The lowest BCUT2D eigenvalue weighted by molar-refractivity contribution is -0.114. The Bertz CT molecular complexity index is 842. The molecule has 3 rings (SSSR count). The van der Waals surface area contributed by atoms with Crippen LogP contribution in [0.2, 0.25) is 0 Å². The number of aryl methyl sites for hydroxylation is 1. The van der Waals surface area contributed by atoms with Gasteiger partial charge in [-0.1, -0.05) is 12.1 Å². The van der Waals surface area contributed by atoms with Gasteiger partial charge in [-0.2, -0.15) is 5.10 Å². The predicted molar refractivity (Wildman–Crippen MR) is 80.8 cm³/mol. The fourth-order valence-corrected chi connectivity index (χ4v) is 4.23. The number of anilines is 1. The molecule has 3 N–H and O–H groups in total. The van der Waals surface area contributed by atoms with Gasteiger partial charge in [0.25, 0.3) is 0 Å². The molecule has 1 aromatic heterocycles. The number of aromatic amines is 1. The molecule has 22 heavy (non-hydrogen) atoms. The number of aromatic nitrogens is 2. The van der Waals surface area contributed by atoms with Gasteiger partial charge >= 0.3 is 0 Å². The zero-order chi connectivity index (χ0) is 15.9. The van der Waals surface area contributed by atoms with Crippen molar-refractivity contribution in [2.45, 2.75) is 30.7 Å². The van der Waals surface area contributed by atoms with E-state index in [0.717, 1.165) is 5.56 Å². The van der Waals surface area contributed by atoms with E-state index in [1.54, 1.807) is 18.2 Å². The largest absolute Gasteiger partial charge is 0.309 e. The molecule has 1 atom stereocenters. The number of sulfone groups is 1. The lowest BCUT2D eigenvalue weighted by Crippen LogP contribution is -2.23. The highest BCUT2D eigenvalue weighted by molar-refractivity contribution is 7.91. The molecular formula is C14H16N4O3S. The summed E-state index contributed by atoms with van der Waals surface area (Å²) in [6.07, 6.45) is 0. The molecular weight excluding hydrogens is 304 g/mol. The quantitative estimate of drug-likeness (QED) is 0.789. The Morgan fingerprint density at radius 1 is 1.41 bits per heavy atom. The van der Waals surface area contributed by atoms with E-state index in [1.807, 2.05) is 13.0 Å². The zero-order valence-electron chi connectivity index (χ0n) is 12.2. The molecule has 0 spiro atoms. The van der Waals surface area contributed by atoms with Crippen LogP contribution in [-0.2, 0) is 21.2 Å². The van der Waals surface area contributed by atoms with Crippen LogP contribution in [0.4, 0.5) is 5.82 Å². The van der Waals surface area contributed by atoms with Crippen molar-refractivity contribution in [1.82, 2.24) is 15.5 Å². The molecule has 1 aliphatic rings. The molecule has 1 amide bonds. The van der Waals surface area contributed by atoms with Gasteiger partial charge < -0.3 is 5.32 Å². The van der Waals surface area contributed by atoms with Gasteiger partial charge in [-0.25, -0.2) is 8.42 Å². The fraction of sp³-hybridized carbons (Fsp3) is 0.286. The van der Waals surface area contributed by atoms with E-state index < -0.39 is 15.2 Å². The van der Waals surface area contributed by atoms with Crippen LogP contribution in [0, 0.1) is 6.92 Å². The van der Waals surface area contributed by atoms with Gasteiger partial charge in [0.1, 0.15) is 0 Å². The number of carbonyl (C=O) groups is 1. The lowest BCUT2D eigenvalue weighted by atomic mass is 10.2. The molecule has 0 aliphatic carbocycles. The molecule has 0 radical (unpaired) electrons. The molecule has 0 fully saturated rings. The summed E-state index contributed by atoms with van der Waals surface area (Å²) in [6, 6.07) is 6.78. The second-order valence-electron chi connectivity index (χ2n) is 5.27. The van der Waals surface area contributed by atoms with Crippen LogP contribution < -0.4 is 10.6 Å². The minimum Gasteiger partial charge on any atom is -0.309 e. The van der Waals surface area contributed by atoms with Gasteiger partial charge in [0.15, 0.2) is 21.0 Å². The molecule has 0 saturated heterocycles. The summed E-state index contributed by atoms with van der Waals surface area (Å²) in [5, 5.41) is 11.4. The van der Waals surface area contributed by atoms with E-state index in [-0.39, 0.29) is 10.8 Å². The Hall–Kier alpha value is -2.19. The third-order valence-electron chi connectivity index (χ3n) is 3.55. The highest BCUT2D eigenvalue weighted by atomic mass is 32.2. The highest BCUT2D eigenvalue weighted by Gasteiger charge is 2.38. The first kappa shape index (κ1) is 14.7. The van der Waals surface area contributed by atoms with Crippen LogP contribution in [-0.4, -0.2) is 24.5 Å². The smallest absolute Gasteiger partial charge is 0.222 e. The summed E-state index contributed by atoms with van der Waals surface area (Å²) in [7, 11) is -3.58. The Labute approximate surface area is 128 Å². The van der Waals surface area contributed by atoms with Crippen molar-refractivity contribution >= 4 is 21.6 Å². The first-order valence-electron chi connectivity index (χ1n) is 6.78. The van der Waals surface area contributed by atoms with E-state index in [4.69, 9.17) is 0 Å². The normalized spacial score (nSPS) is 17.3. The van der Waals surface area contributed by atoms with Crippen molar-refractivity contribution in [2.75, 3.05) is 5.32 Å². The molecule has 2 aromatic rings. The first-order chi connectivity index (χ1) is 10.4. The SMILES string of the molecule is CC(=O)Nc1n[nH]c2c1CNC2S(=O)(=O)c1cccc(C)c1. The zero-order valence-corrected chi connectivity index (χ0v) is 13.0. The van der Waals surface area contributed by atoms with Gasteiger partial charge in [0, 0.05) is 19.0 Å². The summed E-state index contributed by atoms with van der Waals surface area (Å²) >= 11 is 0. The predicted octanol–water partition coefficient (Wildman–Crippen LogP) is 1.25. The van der Waals surface area contributed by atoms with E-state index in [9.17, 15) is 13.2 Å². The van der Waals surface area contributed by atoms with Crippen LogP contribution in [0.15, 0.2) is 29.2 Å². The van der Waals surface area contributed by atoms with Crippen molar-refractivity contribution in [3.63, 3.8) is 0 Å². The van der Waals surface area contributed by atoms with Gasteiger partial charge in [-0.05, 0) is 24.6 Å².